The van der Waals surface area contributed by atoms with Crippen LogP contribution in [0.25, 0.3) is 0 Å². The summed E-state index contributed by atoms with van der Waals surface area (Å²) in [6.45, 7) is 8.81. The number of hydrogen-bond donors (Lipinski definition) is 1. The van der Waals surface area contributed by atoms with Gasteiger partial charge in [0.2, 0.25) is 0 Å². The van der Waals surface area contributed by atoms with Crippen molar-refractivity contribution < 1.29 is 0 Å². The maximum Gasteiger partial charge on any atom is 0.0798 e. The fourth-order valence-electron chi connectivity index (χ4n) is 1.74. The quantitative estimate of drug-likeness (QED) is 0.688. The minimum absolute atomic E-state index is 1.04. The van der Waals surface area contributed by atoms with Gasteiger partial charge in [0.05, 0.1) is 11.2 Å². The third kappa shape index (κ3) is 6.15. The van der Waals surface area contributed by atoms with Crippen molar-refractivity contribution in [3.63, 3.8) is 0 Å². The van der Waals surface area contributed by atoms with Crippen LogP contribution < -0.4 is 5.32 Å². The molecule has 1 aromatic rings. The largest absolute Gasteiger partial charge is 0.317 e. The first kappa shape index (κ1) is 14.6. The SMILES string of the molecule is CCCNCCCCN(C)Cc1scnc1C. The summed E-state index contributed by atoms with van der Waals surface area (Å²) in [6.07, 6.45) is 3.77. The monoisotopic (exact) mass is 255 g/mol. The molecule has 0 amide bonds. The molecule has 1 N–H and O–H groups in total. The van der Waals surface area contributed by atoms with Crippen LogP contribution in [0.5, 0.6) is 0 Å². The van der Waals surface area contributed by atoms with Gasteiger partial charge < -0.3 is 10.2 Å². The molecular formula is C13H25N3S. The van der Waals surface area contributed by atoms with Crippen LogP contribution in [-0.4, -0.2) is 36.6 Å². The Kier molecular flexibility index (Phi) is 7.40. The molecule has 17 heavy (non-hydrogen) atoms. The smallest absolute Gasteiger partial charge is 0.0798 e. The van der Waals surface area contributed by atoms with Gasteiger partial charge in [-0.3, -0.25) is 0 Å². The van der Waals surface area contributed by atoms with Gasteiger partial charge in [-0.15, -0.1) is 11.3 Å². The molecule has 98 valence electrons. The van der Waals surface area contributed by atoms with Crippen LogP contribution >= 0.6 is 11.3 Å². The molecule has 1 rings (SSSR count). The van der Waals surface area contributed by atoms with E-state index in [2.05, 4.69) is 36.1 Å². The van der Waals surface area contributed by atoms with E-state index in [0.29, 0.717) is 0 Å². The Morgan fingerprint density at radius 2 is 2.18 bits per heavy atom. The molecule has 1 heterocycles. The summed E-state index contributed by atoms with van der Waals surface area (Å²) in [4.78, 5) is 8.07. The molecule has 0 aliphatic carbocycles. The van der Waals surface area contributed by atoms with E-state index in [-0.39, 0.29) is 0 Å². The number of nitrogens with one attached hydrogen (secondary N) is 1. The van der Waals surface area contributed by atoms with E-state index in [1.165, 1.54) is 36.4 Å². The van der Waals surface area contributed by atoms with Crippen molar-refractivity contribution in [3.8, 4) is 0 Å². The van der Waals surface area contributed by atoms with Crippen molar-refractivity contribution in [1.29, 1.82) is 0 Å². The lowest BCUT2D eigenvalue weighted by Crippen LogP contribution is -2.21. The third-order valence-electron chi connectivity index (χ3n) is 2.83. The number of aryl methyl sites for hydroxylation is 1. The Hall–Kier alpha value is -0.450. The number of thiazole rings is 1. The fourth-order valence-corrected chi connectivity index (χ4v) is 2.59. The van der Waals surface area contributed by atoms with Crippen molar-refractivity contribution in [2.45, 2.75) is 39.7 Å². The van der Waals surface area contributed by atoms with Crippen molar-refractivity contribution in [3.05, 3.63) is 16.1 Å². The summed E-state index contributed by atoms with van der Waals surface area (Å²) in [6, 6.07) is 0. The van der Waals surface area contributed by atoms with Crippen LogP contribution in [0.15, 0.2) is 5.51 Å². The van der Waals surface area contributed by atoms with Crippen molar-refractivity contribution >= 4 is 11.3 Å². The molecule has 0 aromatic carbocycles. The first-order chi connectivity index (χ1) is 8.24. The van der Waals surface area contributed by atoms with Crippen LogP contribution in [0, 0.1) is 6.92 Å². The molecule has 0 saturated carbocycles. The molecule has 0 saturated heterocycles. The summed E-state index contributed by atoms with van der Waals surface area (Å²) in [5.41, 5.74) is 3.12. The zero-order valence-electron chi connectivity index (χ0n) is 11.3. The molecule has 0 aliphatic rings. The van der Waals surface area contributed by atoms with Crippen LogP contribution in [0.3, 0.4) is 0 Å². The second-order valence-corrected chi connectivity index (χ2v) is 5.50. The van der Waals surface area contributed by atoms with E-state index >= 15 is 0 Å². The second kappa shape index (κ2) is 8.61. The van der Waals surface area contributed by atoms with Gasteiger partial charge in [0.1, 0.15) is 0 Å². The summed E-state index contributed by atoms with van der Waals surface area (Å²) in [7, 11) is 2.19. The summed E-state index contributed by atoms with van der Waals surface area (Å²) in [5, 5.41) is 3.44. The van der Waals surface area contributed by atoms with Gasteiger partial charge >= 0.3 is 0 Å². The van der Waals surface area contributed by atoms with Crippen LogP contribution in [0.4, 0.5) is 0 Å². The third-order valence-corrected chi connectivity index (χ3v) is 3.75. The number of aromatic nitrogens is 1. The van der Waals surface area contributed by atoms with Crippen LogP contribution in [0.1, 0.15) is 36.8 Å². The zero-order valence-corrected chi connectivity index (χ0v) is 12.1. The normalized spacial score (nSPS) is 11.3. The molecular weight excluding hydrogens is 230 g/mol. The lowest BCUT2D eigenvalue weighted by molar-refractivity contribution is 0.319. The van der Waals surface area contributed by atoms with E-state index in [4.69, 9.17) is 0 Å². The average Bonchev–Trinajstić information content (AvgIpc) is 2.69. The lowest BCUT2D eigenvalue weighted by atomic mass is 10.3. The van der Waals surface area contributed by atoms with Gasteiger partial charge in [-0.05, 0) is 52.9 Å². The molecule has 4 heteroatoms. The first-order valence-corrected chi connectivity index (χ1v) is 7.40. The Balaban J connectivity index is 2.05. The van der Waals surface area contributed by atoms with Crippen molar-refractivity contribution in [2.75, 3.05) is 26.7 Å². The number of rotatable bonds is 9. The summed E-state index contributed by atoms with van der Waals surface area (Å²) < 4.78 is 0. The van der Waals surface area contributed by atoms with Gasteiger partial charge in [-0.1, -0.05) is 6.92 Å². The minimum Gasteiger partial charge on any atom is -0.317 e. The van der Waals surface area contributed by atoms with E-state index < -0.39 is 0 Å². The van der Waals surface area contributed by atoms with Gasteiger partial charge in [0, 0.05) is 11.4 Å². The number of unbranched alkanes of at least 4 members (excludes halogenated alkanes) is 1. The molecule has 0 radical (unpaired) electrons. The molecule has 0 bridgehead atoms. The van der Waals surface area contributed by atoms with E-state index in [1.54, 1.807) is 11.3 Å². The van der Waals surface area contributed by atoms with Crippen LogP contribution in [-0.2, 0) is 6.54 Å². The van der Waals surface area contributed by atoms with Crippen LogP contribution in [0.2, 0.25) is 0 Å². The molecule has 0 unspecified atom stereocenters. The molecule has 0 spiro atoms. The predicted molar refractivity (Wildman–Crippen MR) is 75.6 cm³/mol. The highest BCUT2D eigenvalue weighted by Crippen LogP contribution is 2.14. The Morgan fingerprint density at radius 1 is 1.35 bits per heavy atom. The first-order valence-electron chi connectivity index (χ1n) is 6.52. The Bertz CT molecular complexity index is 299. The number of hydrogen-bond acceptors (Lipinski definition) is 4. The standard InChI is InChI=1S/C13H25N3S/c1-4-7-14-8-5-6-9-16(3)10-13-12(2)15-11-17-13/h11,14H,4-10H2,1-3H3. The van der Waals surface area contributed by atoms with Gasteiger partial charge in [0.25, 0.3) is 0 Å². The molecule has 3 nitrogen and oxygen atoms in total. The molecule has 0 atom stereocenters. The Labute approximate surface area is 109 Å². The maximum absolute atomic E-state index is 4.28. The topological polar surface area (TPSA) is 28.2 Å². The highest BCUT2D eigenvalue weighted by Gasteiger charge is 2.04. The predicted octanol–water partition coefficient (Wildman–Crippen LogP) is 2.66. The second-order valence-electron chi connectivity index (χ2n) is 4.56. The zero-order chi connectivity index (χ0) is 12.5. The maximum atomic E-state index is 4.28. The van der Waals surface area contributed by atoms with Crippen molar-refractivity contribution in [2.24, 2.45) is 0 Å². The minimum atomic E-state index is 1.04. The van der Waals surface area contributed by atoms with E-state index in [0.717, 1.165) is 19.6 Å². The fraction of sp³-hybridized carbons (Fsp3) is 0.769. The Morgan fingerprint density at radius 3 is 2.82 bits per heavy atom. The summed E-state index contributed by atoms with van der Waals surface area (Å²) in [5.74, 6) is 0. The van der Waals surface area contributed by atoms with E-state index in [1.807, 2.05) is 5.51 Å². The lowest BCUT2D eigenvalue weighted by Gasteiger charge is -2.15. The van der Waals surface area contributed by atoms with Gasteiger partial charge in [0.15, 0.2) is 0 Å². The molecule has 1 aromatic heterocycles. The van der Waals surface area contributed by atoms with E-state index in [9.17, 15) is 0 Å². The number of nitrogens with zero attached hydrogens (tertiary/aromatic N) is 2. The van der Waals surface area contributed by atoms with Crippen molar-refractivity contribution in [1.82, 2.24) is 15.2 Å². The average molecular weight is 255 g/mol. The van der Waals surface area contributed by atoms with Gasteiger partial charge in [-0.2, -0.15) is 0 Å². The molecule has 0 aliphatic heterocycles. The highest BCUT2D eigenvalue weighted by molar-refractivity contribution is 7.09. The summed E-state index contributed by atoms with van der Waals surface area (Å²) >= 11 is 1.76. The highest BCUT2D eigenvalue weighted by atomic mass is 32.1. The molecule has 0 fully saturated rings. The van der Waals surface area contributed by atoms with Gasteiger partial charge in [-0.25, -0.2) is 4.98 Å².